The minimum absolute atomic E-state index is 0.146. The van der Waals surface area contributed by atoms with Gasteiger partial charge in [0.05, 0.1) is 11.6 Å². The molecule has 0 aromatic heterocycles. The zero-order valence-corrected chi connectivity index (χ0v) is 22.8. The van der Waals surface area contributed by atoms with E-state index in [9.17, 15) is 14.8 Å². The number of urea groups is 1. The quantitative estimate of drug-likeness (QED) is 0.209. The summed E-state index contributed by atoms with van der Waals surface area (Å²) < 4.78 is 5.93. The van der Waals surface area contributed by atoms with Gasteiger partial charge in [0, 0.05) is 43.3 Å². The van der Waals surface area contributed by atoms with Gasteiger partial charge in [-0.1, -0.05) is 65.9 Å². The van der Waals surface area contributed by atoms with E-state index in [0.29, 0.717) is 29.5 Å². The fourth-order valence-corrected chi connectivity index (χ4v) is 4.77. The number of ether oxygens (including phenoxy) is 1. The highest BCUT2D eigenvalue weighted by atomic mass is 35.5. The van der Waals surface area contributed by atoms with Crippen LogP contribution in [-0.2, 0) is 0 Å². The molecule has 0 bridgehead atoms. The molecule has 9 nitrogen and oxygen atoms in total. The monoisotopic (exact) mass is 561 g/mol. The molecule has 1 saturated heterocycles. The Bertz CT molecular complexity index is 1370. The average Bonchev–Trinajstić information content (AvgIpc) is 2.96. The lowest BCUT2D eigenvalue weighted by Crippen LogP contribution is -2.48. The minimum atomic E-state index is -1.00. The van der Waals surface area contributed by atoms with Crippen molar-refractivity contribution in [3.63, 3.8) is 0 Å². The molecule has 1 atom stereocenters. The highest BCUT2D eigenvalue weighted by Crippen LogP contribution is 2.30. The highest BCUT2D eigenvalue weighted by molar-refractivity contribution is 6.30. The van der Waals surface area contributed by atoms with Crippen molar-refractivity contribution >= 4 is 23.5 Å². The Labute approximate surface area is 238 Å². The smallest absolute Gasteiger partial charge is 0.339 e. The summed E-state index contributed by atoms with van der Waals surface area (Å²) in [4.78, 5) is 27.7. The van der Waals surface area contributed by atoms with Crippen molar-refractivity contribution in [1.82, 2.24) is 14.9 Å². The zero-order chi connectivity index (χ0) is 28.5. The SMILES string of the molecule is NC(=O)c1cc(C#CCN(O)C(N)=O)ccc1OCCN1CCN(C(c2ccccc2)c2ccc(Cl)cc2)CC1. The molecule has 40 heavy (non-hydrogen) atoms. The largest absolute Gasteiger partial charge is 0.491 e. The lowest BCUT2D eigenvalue weighted by atomic mass is 9.96. The molecule has 1 aliphatic heterocycles. The molecule has 1 aliphatic rings. The van der Waals surface area contributed by atoms with Gasteiger partial charge in [-0.2, -0.15) is 5.06 Å². The molecule has 3 aromatic carbocycles. The van der Waals surface area contributed by atoms with Gasteiger partial charge >= 0.3 is 6.03 Å². The molecule has 1 fully saturated rings. The van der Waals surface area contributed by atoms with Gasteiger partial charge in [-0.15, -0.1) is 0 Å². The number of halogens is 1. The van der Waals surface area contributed by atoms with Gasteiger partial charge in [0.25, 0.3) is 5.91 Å². The number of amides is 3. The average molecular weight is 562 g/mol. The maximum absolute atomic E-state index is 12.0. The third kappa shape index (κ3) is 7.74. The van der Waals surface area contributed by atoms with E-state index in [0.717, 1.165) is 31.2 Å². The predicted molar refractivity (Wildman–Crippen MR) is 153 cm³/mol. The van der Waals surface area contributed by atoms with Crippen molar-refractivity contribution in [2.45, 2.75) is 6.04 Å². The number of piperazine rings is 1. The molecule has 0 saturated carbocycles. The van der Waals surface area contributed by atoms with E-state index in [2.05, 4.69) is 58.0 Å². The summed E-state index contributed by atoms with van der Waals surface area (Å²) in [7, 11) is 0. The standard InChI is InChI=1S/C30H32ClN5O4/c31-25-11-9-24(10-12-25)28(23-6-2-1-3-7-23)35-17-15-34(16-18-35)19-20-40-27-13-8-22(21-26(27)29(32)37)5-4-14-36(39)30(33)38/h1-3,6-13,21,28,39H,14-20H2,(H2,32,37)(H2,33,38). The number of primary amides is 2. The van der Waals surface area contributed by atoms with E-state index < -0.39 is 11.9 Å². The summed E-state index contributed by atoms with van der Waals surface area (Å²) in [5.74, 6) is 5.11. The van der Waals surface area contributed by atoms with Crippen LogP contribution in [0.1, 0.15) is 33.1 Å². The van der Waals surface area contributed by atoms with Gasteiger partial charge in [-0.3, -0.25) is 19.8 Å². The number of hydroxylamine groups is 2. The number of hydrogen-bond donors (Lipinski definition) is 3. The van der Waals surface area contributed by atoms with Crippen LogP contribution in [0.2, 0.25) is 5.02 Å². The van der Waals surface area contributed by atoms with Gasteiger partial charge in [-0.25, -0.2) is 4.79 Å². The van der Waals surface area contributed by atoms with E-state index in [1.807, 2.05) is 18.2 Å². The molecule has 5 N–H and O–H groups in total. The van der Waals surface area contributed by atoms with Crippen LogP contribution in [0, 0.1) is 11.8 Å². The number of hydrogen-bond acceptors (Lipinski definition) is 6. The fraction of sp³-hybridized carbons (Fsp3) is 0.267. The molecule has 0 radical (unpaired) electrons. The van der Waals surface area contributed by atoms with Crippen LogP contribution in [0.3, 0.4) is 0 Å². The number of carbonyl (C=O) groups excluding carboxylic acids is 2. The van der Waals surface area contributed by atoms with Gasteiger partial charge < -0.3 is 16.2 Å². The number of rotatable bonds is 9. The molecule has 0 aliphatic carbocycles. The zero-order valence-electron chi connectivity index (χ0n) is 22.0. The van der Waals surface area contributed by atoms with Crippen LogP contribution >= 0.6 is 11.6 Å². The van der Waals surface area contributed by atoms with Crippen molar-refractivity contribution in [1.29, 1.82) is 0 Å². The van der Waals surface area contributed by atoms with Gasteiger partial charge in [0.1, 0.15) is 18.9 Å². The second kappa shape index (κ2) is 13.8. The summed E-state index contributed by atoms with van der Waals surface area (Å²) in [5.41, 5.74) is 13.7. The minimum Gasteiger partial charge on any atom is -0.491 e. The Hall–Kier alpha value is -4.07. The molecule has 1 unspecified atom stereocenters. The van der Waals surface area contributed by atoms with Crippen LogP contribution in [0.15, 0.2) is 72.8 Å². The van der Waals surface area contributed by atoms with Gasteiger partial charge in [0.2, 0.25) is 0 Å². The maximum Gasteiger partial charge on any atom is 0.339 e. The van der Waals surface area contributed by atoms with Crippen LogP contribution in [0.25, 0.3) is 0 Å². The Morgan fingerprint density at radius 2 is 1.65 bits per heavy atom. The van der Waals surface area contributed by atoms with E-state index in [4.69, 9.17) is 27.8 Å². The summed E-state index contributed by atoms with van der Waals surface area (Å²) in [6, 6.07) is 22.5. The van der Waals surface area contributed by atoms with Crippen LogP contribution in [-0.4, -0.2) is 77.9 Å². The van der Waals surface area contributed by atoms with E-state index in [1.165, 1.54) is 17.2 Å². The summed E-state index contributed by atoms with van der Waals surface area (Å²) >= 11 is 6.15. The van der Waals surface area contributed by atoms with Gasteiger partial charge in [-0.05, 0) is 41.5 Å². The lowest BCUT2D eigenvalue weighted by Gasteiger charge is -2.39. The topological polar surface area (TPSA) is 125 Å². The number of nitrogens with two attached hydrogens (primary N) is 2. The second-order valence-electron chi connectivity index (χ2n) is 9.36. The maximum atomic E-state index is 12.0. The first-order valence-electron chi connectivity index (χ1n) is 12.9. The lowest BCUT2D eigenvalue weighted by molar-refractivity contribution is -0.0269. The molecule has 1 heterocycles. The van der Waals surface area contributed by atoms with E-state index in [1.54, 1.807) is 12.1 Å². The van der Waals surface area contributed by atoms with Crippen molar-refractivity contribution in [3.05, 3.63) is 100 Å². The first kappa shape index (κ1) is 28.9. The van der Waals surface area contributed by atoms with Gasteiger partial charge in [0.15, 0.2) is 0 Å². The molecule has 3 aromatic rings. The fourth-order valence-electron chi connectivity index (χ4n) is 4.64. The molecule has 3 amide bonds. The molecule has 208 valence electrons. The molecular weight excluding hydrogens is 530 g/mol. The third-order valence-corrected chi connectivity index (χ3v) is 6.95. The van der Waals surface area contributed by atoms with Crippen molar-refractivity contribution in [2.75, 3.05) is 45.9 Å². The summed E-state index contributed by atoms with van der Waals surface area (Å²) in [6.45, 7) is 4.37. The Kier molecular flexibility index (Phi) is 10.00. The first-order valence-corrected chi connectivity index (χ1v) is 13.3. The molecular formula is C30H32ClN5O4. The first-order chi connectivity index (χ1) is 19.3. The Morgan fingerprint density at radius 1 is 0.975 bits per heavy atom. The summed E-state index contributed by atoms with van der Waals surface area (Å²) in [5, 5.41) is 10.3. The number of nitrogens with zero attached hydrogens (tertiary/aromatic N) is 3. The van der Waals surface area contributed by atoms with Crippen molar-refractivity contribution in [3.8, 4) is 17.6 Å². The number of carbonyl (C=O) groups is 2. The molecule has 4 rings (SSSR count). The molecule has 0 spiro atoms. The van der Waals surface area contributed by atoms with Crippen molar-refractivity contribution < 1.29 is 19.5 Å². The van der Waals surface area contributed by atoms with Crippen LogP contribution in [0.4, 0.5) is 4.79 Å². The number of benzene rings is 3. The highest BCUT2D eigenvalue weighted by Gasteiger charge is 2.26. The second-order valence-corrected chi connectivity index (χ2v) is 9.80. The third-order valence-electron chi connectivity index (χ3n) is 6.70. The van der Waals surface area contributed by atoms with Crippen LogP contribution < -0.4 is 16.2 Å². The van der Waals surface area contributed by atoms with Crippen molar-refractivity contribution in [2.24, 2.45) is 11.5 Å². The van der Waals surface area contributed by atoms with E-state index in [-0.39, 0.29) is 18.2 Å². The van der Waals surface area contributed by atoms with Crippen LogP contribution in [0.5, 0.6) is 5.75 Å². The Morgan fingerprint density at radius 3 is 2.30 bits per heavy atom. The Balaban J connectivity index is 1.33. The normalized spacial score (nSPS) is 14.6. The predicted octanol–water partition coefficient (Wildman–Crippen LogP) is 3.35. The summed E-state index contributed by atoms with van der Waals surface area (Å²) in [6.07, 6.45) is 0. The molecule has 10 heteroatoms. The van der Waals surface area contributed by atoms with E-state index >= 15 is 0 Å².